The smallest absolute Gasteiger partial charge is 0.253 e. The van der Waals surface area contributed by atoms with Crippen molar-refractivity contribution in [1.29, 1.82) is 0 Å². The summed E-state index contributed by atoms with van der Waals surface area (Å²) in [6.45, 7) is 3.92. The summed E-state index contributed by atoms with van der Waals surface area (Å²) in [5.41, 5.74) is 0.920. The van der Waals surface area contributed by atoms with Gasteiger partial charge in [0.2, 0.25) is 5.91 Å². The van der Waals surface area contributed by atoms with E-state index < -0.39 is 6.04 Å². The van der Waals surface area contributed by atoms with Gasteiger partial charge in [-0.2, -0.15) is 0 Å². The maximum absolute atomic E-state index is 12.0. The Hall–Kier alpha value is -2.39. The number of amides is 2. The quantitative estimate of drug-likeness (QED) is 0.669. The lowest BCUT2D eigenvalue weighted by Crippen LogP contribution is -2.44. The summed E-state index contributed by atoms with van der Waals surface area (Å²) in [4.78, 5) is 27.5. The van der Waals surface area contributed by atoms with Gasteiger partial charge in [0.25, 0.3) is 5.91 Å². The summed E-state index contributed by atoms with van der Waals surface area (Å²) >= 11 is 0. The van der Waals surface area contributed by atoms with Gasteiger partial charge < -0.3 is 15.7 Å². The summed E-state index contributed by atoms with van der Waals surface area (Å²) in [6, 6.07) is 0.971. The normalized spacial score (nSPS) is 11.0. The van der Waals surface area contributed by atoms with Crippen LogP contribution < -0.4 is 10.6 Å². The van der Waals surface area contributed by atoms with Crippen molar-refractivity contribution >= 4 is 11.8 Å². The Bertz CT molecular complexity index is 561. The lowest BCUT2D eigenvalue weighted by Gasteiger charge is -2.13. The van der Waals surface area contributed by atoms with Gasteiger partial charge in [0.05, 0.1) is 12.2 Å². The first-order chi connectivity index (χ1) is 10.1. The summed E-state index contributed by atoms with van der Waals surface area (Å²) in [6.07, 6.45) is 3.32. The number of hydrogen-bond donors (Lipinski definition) is 3. The first-order valence-corrected chi connectivity index (χ1v) is 6.71. The number of nitrogens with one attached hydrogen (secondary N) is 2. The minimum Gasteiger partial charge on any atom is -0.395 e. The van der Waals surface area contributed by atoms with Crippen LogP contribution in [0.15, 0.2) is 18.5 Å². The number of likely N-dealkylation sites (N-methyl/N-ethyl adjacent to an activating group) is 1. The predicted octanol–water partition coefficient (Wildman–Crippen LogP) is 0.0699. The molecule has 2 amide bonds. The minimum absolute atomic E-state index is 0.00927. The van der Waals surface area contributed by atoms with Crippen LogP contribution in [0.25, 0.3) is 0 Å². The van der Waals surface area contributed by atoms with Gasteiger partial charge in [-0.3, -0.25) is 14.6 Å². The van der Waals surface area contributed by atoms with Crippen LogP contribution in [0.2, 0.25) is 0 Å². The van der Waals surface area contributed by atoms with E-state index in [0.717, 1.165) is 0 Å². The van der Waals surface area contributed by atoms with Crippen LogP contribution in [0.3, 0.4) is 0 Å². The highest BCUT2D eigenvalue weighted by molar-refractivity contribution is 5.97. The first kappa shape index (κ1) is 16.7. The average Bonchev–Trinajstić information content (AvgIpc) is 2.48. The maximum atomic E-state index is 12.0. The third-order valence-electron chi connectivity index (χ3n) is 2.56. The fourth-order valence-electron chi connectivity index (χ4n) is 1.53. The van der Waals surface area contributed by atoms with Crippen LogP contribution in [0, 0.1) is 11.8 Å². The lowest BCUT2D eigenvalue weighted by atomic mass is 10.2. The summed E-state index contributed by atoms with van der Waals surface area (Å²) in [5, 5.41) is 13.9. The molecule has 1 unspecified atom stereocenters. The molecule has 1 atom stereocenters. The zero-order chi connectivity index (χ0) is 15.7. The van der Waals surface area contributed by atoms with Crippen molar-refractivity contribution in [2.45, 2.75) is 26.3 Å². The number of aliphatic hydroxyl groups is 1. The molecule has 0 fully saturated rings. The number of pyridine rings is 1. The molecule has 0 aliphatic carbocycles. The van der Waals surface area contributed by atoms with E-state index in [9.17, 15) is 9.59 Å². The molecule has 1 aromatic heterocycles. The SMILES string of the molecule is CCNC(=O)C(C)NC(=O)c1cncc(C#CCCO)c1. The second-order valence-corrected chi connectivity index (χ2v) is 4.33. The van der Waals surface area contributed by atoms with Gasteiger partial charge in [0, 0.05) is 30.9 Å². The molecule has 0 bridgehead atoms. The fourth-order valence-corrected chi connectivity index (χ4v) is 1.53. The van der Waals surface area contributed by atoms with Crippen LogP contribution in [0.4, 0.5) is 0 Å². The van der Waals surface area contributed by atoms with Crippen LogP contribution >= 0.6 is 0 Å². The number of aliphatic hydroxyl groups excluding tert-OH is 1. The highest BCUT2D eigenvalue weighted by atomic mass is 16.2. The fraction of sp³-hybridized carbons (Fsp3) is 0.400. The molecule has 0 aliphatic rings. The first-order valence-electron chi connectivity index (χ1n) is 6.71. The monoisotopic (exact) mass is 289 g/mol. The van der Waals surface area contributed by atoms with E-state index in [1.807, 2.05) is 6.92 Å². The third-order valence-corrected chi connectivity index (χ3v) is 2.56. The van der Waals surface area contributed by atoms with E-state index >= 15 is 0 Å². The van der Waals surface area contributed by atoms with E-state index in [1.165, 1.54) is 12.4 Å². The second kappa shape index (κ2) is 8.72. The lowest BCUT2D eigenvalue weighted by molar-refractivity contribution is -0.122. The van der Waals surface area contributed by atoms with Crippen molar-refractivity contribution in [3.8, 4) is 11.8 Å². The van der Waals surface area contributed by atoms with Gasteiger partial charge in [-0.25, -0.2) is 0 Å². The molecule has 0 saturated carbocycles. The molecule has 6 heteroatoms. The number of aromatic nitrogens is 1. The number of carbonyl (C=O) groups is 2. The molecule has 0 spiro atoms. The van der Waals surface area contributed by atoms with Gasteiger partial charge >= 0.3 is 0 Å². The van der Waals surface area contributed by atoms with E-state index in [1.54, 1.807) is 13.0 Å². The second-order valence-electron chi connectivity index (χ2n) is 4.33. The van der Waals surface area contributed by atoms with Crippen LogP contribution in [0.1, 0.15) is 36.2 Å². The van der Waals surface area contributed by atoms with Gasteiger partial charge in [0.1, 0.15) is 6.04 Å². The van der Waals surface area contributed by atoms with Crippen molar-refractivity contribution in [3.63, 3.8) is 0 Å². The van der Waals surface area contributed by atoms with Crippen molar-refractivity contribution in [2.24, 2.45) is 0 Å². The van der Waals surface area contributed by atoms with Crippen LogP contribution in [-0.2, 0) is 4.79 Å². The maximum Gasteiger partial charge on any atom is 0.253 e. The van der Waals surface area contributed by atoms with Crippen molar-refractivity contribution in [3.05, 3.63) is 29.6 Å². The standard InChI is InChI=1S/C15H19N3O3/c1-3-17-14(20)11(2)18-15(21)13-8-12(9-16-10-13)6-4-5-7-19/h8-11,19H,3,5,7H2,1-2H3,(H,17,20)(H,18,21). The summed E-state index contributed by atoms with van der Waals surface area (Å²) in [7, 11) is 0. The number of rotatable bonds is 5. The van der Waals surface area contributed by atoms with E-state index in [4.69, 9.17) is 5.11 Å². The Morgan fingerprint density at radius 3 is 2.86 bits per heavy atom. The van der Waals surface area contributed by atoms with E-state index in [2.05, 4.69) is 27.5 Å². The van der Waals surface area contributed by atoms with Gasteiger partial charge in [-0.05, 0) is 19.9 Å². The number of hydrogen-bond acceptors (Lipinski definition) is 4. The highest BCUT2D eigenvalue weighted by Crippen LogP contribution is 2.02. The van der Waals surface area contributed by atoms with Crippen molar-refractivity contribution in [2.75, 3.05) is 13.2 Å². The Balaban J connectivity index is 2.73. The highest BCUT2D eigenvalue weighted by Gasteiger charge is 2.16. The van der Waals surface area contributed by atoms with E-state index in [-0.39, 0.29) is 18.4 Å². The molecular formula is C15H19N3O3. The summed E-state index contributed by atoms with van der Waals surface area (Å²) < 4.78 is 0. The molecule has 1 aromatic rings. The number of nitrogens with zero attached hydrogens (tertiary/aromatic N) is 1. The Morgan fingerprint density at radius 1 is 1.43 bits per heavy atom. The zero-order valence-electron chi connectivity index (χ0n) is 12.1. The molecule has 6 nitrogen and oxygen atoms in total. The van der Waals surface area contributed by atoms with Crippen molar-refractivity contribution < 1.29 is 14.7 Å². The number of carbonyl (C=O) groups excluding carboxylic acids is 2. The molecule has 112 valence electrons. The summed E-state index contributed by atoms with van der Waals surface area (Å²) in [5.74, 6) is 4.94. The van der Waals surface area contributed by atoms with Crippen LogP contribution in [0.5, 0.6) is 0 Å². The Morgan fingerprint density at radius 2 is 2.19 bits per heavy atom. The predicted molar refractivity (Wildman–Crippen MR) is 78.4 cm³/mol. The molecule has 0 aliphatic heterocycles. The van der Waals surface area contributed by atoms with Gasteiger partial charge in [-0.1, -0.05) is 11.8 Å². The van der Waals surface area contributed by atoms with E-state index in [0.29, 0.717) is 24.1 Å². The average molecular weight is 289 g/mol. The molecule has 1 heterocycles. The molecule has 21 heavy (non-hydrogen) atoms. The molecule has 0 saturated heterocycles. The zero-order valence-corrected chi connectivity index (χ0v) is 12.1. The molecular weight excluding hydrogens is 270 g/mol. The largest absolute Gasteiger partial charge is 0.395 e. The molecule has 0 radical (unpaired) electrons. The molecule has 0 aromatic carbocycles. The Labute approximate surface area is 124 Å². The van der Waals surface area contributed by atoms with Crippen molar-refractivity contribution in [1.82, 2.24) is 15.6 Å². The van der Waals surface area contributed by atoms with Gasteiger partial charge in [0.15, 0.2) is 0 Å². The Kier molecular flexibility index (Phi) is 6.92. The topological polar surface area (TPSA) is 91.3 Å². The van der Waals surface area contributed by atoms with Crippen LogP contribution in [-0.4, -0.2) is 41.1 Å². The third kappa shape index (κ3) is 5.63. The van der Waals surface area contributed by atoms with Gasteiger partial charge in [-0.15, -0.1) is 0 Å². The minimum atomic E-state index is -0.624. The molecule has 1 rings (SSSR count). The molecule has 3 N–H and O–H groups in total.